The Balaban J connectivity index is 1.86. The molecule has 1 amide bonds. The number of carbonyl (C=O) groups excluding carboxylic acids is 1. The van der Waals surface area contributed by atoms with Crippen LogP contribution in [0.25, 0.3) is 11.0 Å². The molecule has 0 unspecified atom stereocenters. The number of rotatable bonds is 6. The minimum atomic E-state index is -3.94. The van der Waals surface area contributed by atoms with E-state index in [1.807, 2.05) is 0 Å². The monoisotopic (exact) mass is 444 g/mol. The summed E-state index contributed by atoms with van der Waals surface area (Å²) < 4.78 is 35.2. The maximum Gasteiger partial charge on any atom is 0.245 e. The fourth-order valence-electron chi connectivity index (χ4n) is 2.45. The minimum Gasteiger partial charge on any atom is -0.322 e. The Morgan fingerprint density at radius 1 is 1.15 bits per heavy atom. The largest absolute Gasteiger partial charge is 0.322 e. The number of hydrogen-bond donors (Lipinski definition) is 1. The van der Waals surface area contributed by atoms with Gasteiger partial charge >= 0.3 is 0 Å². The first-order chi connectivity index (χ1) is 12.8. The van der Waals surface area contributed by atoms with E-state index in [1.165, 1.54) is 6.07 Å². The molecule has 0 aliphatic rings. The SMILES string of the molecule is CCN(CC(=O)Nc1c(Cl)cccc1Cl)S(=O)(=O)c1cccc2nsnc12. The van der Waals surface area contributed by atoms with Crippen LogP contribution in [0.4, 0.5) is 5.69 Å². The number of benzene rings is 2. The Morgan fingerprint density at radius 3 is 2.48 bits per heavy atom. The van der Waals surface area contributed by atoms with Crippen LogP contribution >= 0.6 is 34.9 Å². The Labute approximate surface area is 170 Å². The average Bonchev–Trinajstić information content (AvgIpc) is 3.11. The highest BCUT2D eigenvalue weighted by atomic mass is 35.5. The second-order valence-corrected chi connectivity index (χ2v) is 8.71. The number of amides is 1. The molecule has 0 saturated carbocycles. The van der Waals surface area contributed by atoms with E-state index in [0.29, 0.717) is 5.52 Å². The first-order valence-corrected chi connectivity index (χ1v) is 10.7. The van der Waals surface area contributed by atoms with Crippen LogP contribution < -0.4 is 5.32 Å². The number of sulfonamides is 1. The lowest BCUT2D eigenvalue weighted by Gasteiger charge is -2.20. The Morgan fingerprint density at radius 2 is 1.81 bits per heavy atom. The van der Waals surface area contributed by atoms with Gasteiger partial charge in [-0.15, -0.1) is 0 Å². The molecule has 1 N–H and O–H groups in total. The van der Waals surface area contributed by atoms with Gasteiger partial charge in [0.2, 0.25) is 15.9 Å². The van der Waals surface area contributed by atoms with Crippen molar-refractivity contribution in [2.75, 3.05) is 18.4 Å². The van der Waals surface area contributed by atoms with Gasteiger partial charge in [-0.1, -0.05) is 42.3 Å². The molecule has 1 heterocycles. The van der Waals surface area contributed by atoms with Gasteiger partial charge in [0.15, 0.2) is 0 Å². The number of likely N-dealkylation sites (N-methyl/N-ethyl adjacent to an activating group) is 1. The van der Waals surface area contributed by atoms with E-state index in [2.05, 4.69) is 14.1 Å². The van der Waals surface area contributed by atoms with E-state index >= 15 is 0 Å². The zero-order valence-corrected chi connectivity index (χ0v) is 17.2. The second kappa shape index (κ2) is 8.07. The quantitative estimate of drug-likeness (QED) is 0.626. The van der Waals surface area contributed by atoms with Crippen molar-refractivity contribution in [3.8, 4) is 0 Å². The van der Waals surface area contributed by atoms with Crippen LogP contribution in [-0.2, 0) is 14.8 Å². The summed E-state index contributed by atoms with van der Waals surface area (Å²) in [7, 11) is -3.94. The summed E-state index contributed by atoms with van der Waals surface area (Å²) in [4.78, 5) is 12.4. The molecule has 0 fully saturated rings. The zero-order chi connectivity index (χ0) is 19.6. The van der Waals surface area contributed by atoms with Crippen LogP contribution in [0.3, 0.4) is 0 Å². The molecule has 3 rings (SSSR count). The van der Waals surface area contributed by atoms with Crippen molar-refractivity contribution < 1.29 is 13.2 Å². The fourth-order valence-corrected chi connectivity index (χ4v) is 5.10. The van der Waals surface area contributed by atoms with Gasteiger partial charge in [-0.3, -0.25) is 4.79 Å². The van der Waals surface area contributed by atoms with Gasteiger partial charge in [0.25, 0.3) is 0 Å². The van der Waals surface area contributed by atoms with Gasteiger partial charge in [-0.25, -0.2) is 8.42 Å². The Bertz CT molecular complexity index is 1080. The highest BCUT2D eigenvalue weighted by Crippen LogP contribution is 2.30. The molecule has 27 heavy (non-hydrogen) atoms. The number of carbonyl (C=O) groups is 1. The number of para-hydroxylation sites is 1. The van der Waals surface area contributed by atoms with Crippen molar-refractivity contribution in [3.63, 3.8) is 0 Å². The molecule has 1 aromatic heterocycles. The van der Waals surface area contributed by atoms with Crippen LogP contribution in [0, 0.1) is 0 Å². The molecular formula is C16H14Cl2N4O3S2. The molecule has 11 heteroatoms. The Kier molecular flexibility index (Phi) is 5.97. The van der Waals surface area contributed by atoms with Gasteiger partial charge in [-0.05, 0) is 24.3 Å². The summed E-state index contributed by atoms with van der Waals surface area (Å²) in [5, 5.41) is 3.09. The summed E-state index contributed by atoms with van der Waals surface area (Å²) in [6.07, 6.45) is 0. The van der Waals surface area contributed by atoms with Gasteiger partial charge in [-0.2, -0.15) is 13.1 Å². The molecule has 0 aliphatic heterocycles. The van der Waals surface area contributed by atoms with E-state index in [4.69, 9.17) is 23.2 Å². The predicted octanol–water partition coefficient (Wildman–Crippen LogP) is 3.65. The van der Waals surface area contributed by atoms with E-state index in [0.717, 1.165) is 16.0 Å². The summed E-state index contributed by atoms with van der Waals surface area (Å²) in [5.41, 5.74) is 1.02. The summed E-state index contributed by atoms with van der Waals surface area (Å²) in [6, 6.07) is 9.52. The predicted molar refractivity (Wildman–Crippen MR) is 107 cm³/mol. The number of fused-ring (bicyclic) bond motifs is 1. The smallest absolute Gasteiger partial charge is 0.245 e. The third kappa shape index (κ3) is 4.07. The molecule has 3 aromatic rings. The number of nitrogens with zero attached hydrogens (tertiary/aromatic N) is 3. The van der Waals surface area contributed by atoms with Crippen molar-refractivity contribution in [2.24, 2.45) is 0 Å². The summed E-state index contributed by atoms with van der Waals surface area (Å²) >= 11 is 13.0. The number of nitrogens with one attached hydrogen (secondary N) is 1. The van der Waals surface area contributed by atoms with Gasteiger partial charge < -0.3 is 5.32 Å². The van der Waals surface area contributed by atoms with E-state index < -0.39 is 22.5 Å². The van der Waals surface area contributed by atoms with Crippen molar-refractivity contribution in [3.05, 3.63) is 46.4 Å². The number of halogens is 2. The molecule has 142 valence electrons. The highest BCUT2D eigenvalue weighted by Gasteiger charge is 2.28. The maximum absolute atomic E-state index is 13.0. The van der Waals surface area contributed by atoms with Crippen LogP contribution in [0.15, 0.2) is 41.3 Å². The number of anilines is 1. The first-order valence-electron chi connectivity index (χ1n) is 7.80. The van der Waals surface area contributed by atoms with Crippen LogP contribution in [0.2, 0.25) is 10.0 Å². The molecule has 0 bridgehead atoms. The maximum atomic E-state index is 13.0. The molecule has 0 radical (unpaired) electrons. The molecule has 0 atom stereocenters. The van der Waals surface area contributed by atoms with Crippen molar-refractivity contribution in [2.45, 2.75) is 11.8 Å². The average molecular weight is 445 g/mol. The first kappa shape index (κ1) is 20.0. The highest BCUT2D eigenvalue weighted by molar-refractivity contribution is 7.89. The summed E-state index contributed by atoms with van der Waals surface area (Å²) in [6.45, 7) is 1.35. The molecule has 0 spiro atoms. The lowest BCUT2D eigenvalue weighted by atomic mass is 10.3. The molecule has 2 aromatic carbocycles. The lowest BCUT2D eigenvalue weighted by molar-refractivity contribution is -0.116. The van der Waals surface area contributed by atoms with Gasteiger partial charge in [0.1, 0.15) is 15.9 Å². The molecule has 0 aliphatic carbocycles. The zero-order valence-electron chi connectivity index (χ0n) is 14.0. The van der Waals surface area contributed by atoms with Crippen molar-refractivity contribution in [1.82, 2.24) is 13.1 Å². The standard InChI is InChI=1S/C16H14Cl2N4O3S2/c1-2-22(9-14(23)19-15-10(17)5-3-6-11(15)18)27(24,25)13-8-4-7-12-16(13)21-26-20-12/h3-8H,2,9H2,1H3,(H,19,23). The summed E-state index contributed by atoms with van der Waals surface area (Å²) in [5.74, 6) is -0.556. The van der Waals surface area contributed by atoms with E-state index in [9.17, 15) is 13.2 Å². The third-order valence-corrected chi connectivity index (χ3v) is 6.89. The third-order valence-electron chi connectivity index (χ3n) is 3.77. The van der Waals surface area contributed by atoms with Crippen molar-refractivity contribution >= 4 is 67.6 Å². The van der Waals surface area contributed by atoms with Gasteiger partial charge in [0.05, 0.1) is 34.0 Å². The second-order valence-electron chi connectivity index (χ2n) is 5.46. The van der Waals surface area contributed by atoms with Crippen LogP contribution in [0.1, 0.15) is 6.92 Å². The van der Waals surface area contributed by atoms with Crippen LogP contribution in [-0.4, -0.2) is 40.5 Å². The minimum absolute atomic E-state index is 0.0131. The lowest BCUT2D eigenvalue weighted by Crippen LogP contribution is -2.38. The molecular weight excluding hydrogens is 431 g/mol. The van der Waals surface area contributed by atoms with Crippen molar-refractivity contribution in [1.29, 1.82) is 0 Å². The van der Waals surface area contributed by atoms with E-state index in [-0.39, 0.29) is 32.7 Å². The number of hydrogen-bond acceptors (Lipinski definition) is 6. The van der Waals surface area contributed by atoms with Crippen LogP contribution in [0.5, 0.6) is 0 Å². The molecule has 0 saturated heterocycles. The normalized spacial score (nSPS) is 11.9. The molecule has 7 nitrogen and oxygen atoms in total. The fraction of sp³-hybridized carbons (Fsp3) is 0.188. The van der Waals surface area contributed by atoms with Gasteiger partial charge in [0, 0.05) is 6.54 Å². The van der Waals surface area contributed by atoms with E-state index in [1.54, 1.807) is 37.3 Å². The topological polar surface area (TPSA) is 92.3 Å². The number of aromatic nitrogens is 2. The Hall–Kier alpha value is -1.78.